The number of aromatic nitrogens is 4. The third-order valence-corrected chi connectivity index (χ3v) is 22.5. The molecule has 2 aliphatic carbocycles. The topological polar surface area (TPSA) is 58.0 Å². The second-order valence-corrected chi connectivity index (χ2v) is 24.3. The van der Waals surface area contributed by atoms with Crippen molar-refractivity contribution in [1.82, 2.24) is 19.9 Å². The Kier molecular flexibility index (Phi) is 9.35. The Bertz CT molecular complexity index is 2720. The fourth-order valence-electron chi connectivity index (χ4n) is 11.1. The molecule has 59 heavy (non-hydrogen) atoms. The first-order valence-electron chi connectivity index (χ1n) is 21.8. The summed E-state index contributed by atoms with van der Waals surface area (Å²) in [6, 6.07) is 37.3. The van der Waals surface area contributed by atoms with Crippen LogP contribution in [-0.2, 0) is 0 Å². The second kappa shape index (κ2) is 14.9. The molecule has 5 heterocycles. The first-order valence-corrected chi connectivity index (χ1v) is 25.8. The normalized spacial score (nSPS) is 19.4. The maximum atomic E-state index is 5.02. The summed E-state index contributed by atoms with van der Waals surface area (Å²) in [5.74, 6) is 0. The Balaban J connectivity index is 1.33. The summed E-state index contributed by atoms with van der Waals surface area (Å²) in [7, 11) is 1.20. The first kappa shape index (κ1) is 37.0. The predicted octanol–water partition coefficient (Wildman–Crippen LogP) is 11.2. The van der Waals surface area contributed by atoms with E-state index in [4.69, 9.17) is 19.9 Å². The van der Waals surface area contributed by atoms with Crippen molar-refractivity contribution >= 4 is 103 Å². The number of fused-ring (bicyclic) bond motifs is 8. The zero-order valence-electron chi connectivity index (χ0n) is 34.4. The summed E-state index contributed by atoms with van der Waals surface area (Å²) >= 11 is 0. The Hall–Kier alpha value is -5.02. The molecule has 4 aromatic carbocycles. The molecule has 1 aliphatic heterocycles. The fourth-order valence-corrected chi connectivity index (χ4v) is 19.7. The van der Waals surface area contributed by atoms with Crippen LogP contribution >= 0.6 is 15.2 Å². The third kappa shape index (κ3) is 6.20. The van der Waals surface area contributed by atoms with E-state index < -0.39 is 15.2 Å². The summed E-state index contributed by atoms with van der Waals surface area (Å²) in [4.78, 5) is 25.2. The van der Waals surface area contributed by atoms with Crippen LogP contribution in [-0.4, -0.2) is 52.0 Å². The minimum absolute atomic E-state index is 0.543. The number of rotatable bonds is 2. The molecule has 11 rings (SSSR count). The van der Waals surface area contributed by atoms with Crippen molar-refractivity contribution < 1.29 is 0 Å². The Morgan fingerprint density at radius 2 is 0.847 bits per heavy atom. The van der Waals surface area contributed by atoms with Gasteiger partial charge < -0.3 is 0 Å². The molecular weight excluding hydrogens is 759 g/mol. The summed E-state index contributed by atoms with van der Waals surface area (Å²) in [5.41, 5.74) is 10.4. The van der Waals surface area contributed by atoms with E-state index in [0.717, 1.165) is 22.1 Å². The fraction of sp³-hybridized carbons (Fsp3) is 0.294. The molecule has 0 spiro atoms. The van der Waals surface area contributed by atoms with Gasteiger partial charge >= 0.3 is 351 Å². The quantitative estimate of drug-likeness (QED) is 0.162. The Morgan fingerprint density at radius 3 is 1.27 bits per heavy atom. The molecule has 0 bridgehead atoms. The van der Waals surface area contributed by atoms with E-state index in [9.17, 15) is 0 Å². The molecule has 8 heteroatoms. The monoisotopic (exact) mass is 810 g/mol. The second-order valence-electron chi connectivity index (χ2n) is 17.5. The standard InChI is InChI=1S/C51H52N6P2/c1-56-44-30-40-34(14-10-22-52-40)26-48(44)58(38-18-6-4-7-19-38)49-27-35-15-11-23-53-41(35)31-45(49)57(2)47-33-43-37(17-13-25-55-43)29-51(47)59(3,39-20-8-5-9-21-39)50-28-36-16-12-24-54-42(36)32-46(50)56/h10-17,22-33,38-39,59H,4-9,18-21H2,1-3H3. The van der Waals surface area contributed by atoms with Crippen molar-refractivity contribution in [3.8, 4) is 0 Å². The third-order valence-electron chi connectivity index (χ3n) is 14.3. The van der Waals surface area contributed by atoms with E-state index in [1.807, 2.05) is 24.8 Å². The van der Waals surface area contributed by atoms with E-state index in [1.54, 1.807) is 0 Å². The molecular formula is C51H52N6P2. The minimum atomic E-state index is -2.64. The molecule has 0 unspecified atom stereocenters. The van der Waals surface area contributed by atoms with Gasteiger partial charge in [0.05, 0.1) is 0 Å². The molecule has 2 saturated carbocycles. The number of benzene rings is 4. The molecule has 3 aliphatic rings. The molecule has 0 saturated heterocycles. The van der Waals surface area contributed by atoms with Crippen molar-refractivity contribution in [3.05, 3.63) is 122 Å². The molecule has 4 aromatic heterocycles. The van der Waals surface area contributed by atoms with Crippen molar-refractivity contribution in [3.63, 3.8) is 0 Å². The zero-order chi connectivity index (χ0) is 39.7. The van der Waals surface area contributed by atoms with Crippen LogP contribution in [0.5, 0.6) is 0 Å². The van der Waals surface area contributed by atoms with Gasteiger partial charge in [0.1, 0.15) is 0 Å². The van der Waals surface area contributed by atoms with Crippen molar-refractivity contribution in [2.75, 3.05) is 30.6 Å². The van der Waals surface area contributed by atoms with Crippen LogP contribution in [0.25, 0.3) is 43.6 Å². The molecule has 6 nitrogen and oxygen atoms in total. The Morgan fingerprint density at radius 1 is 0.475 bits per heavy atom. The van der Waals surface area contributed by atoms with Crippen LogP contribution < -0.4 is 31.0 Å². The van der Waals surface area contributed by atoms with E-state index >= 15 is 0 Å². The maximum absolute atomic E-state index is 5.02. The number of pyridine rings is 4. The number of hydrogen-bond donors (Lipinski definition) is 0. The van der Waals surface area contributed by atoms with Crippen LogP contribution in [0.1, 0.15) is 64.2 Å². The van der Waals surface area contributed by atoms with Gasteiger partial charge in [0, 0.05) is 0 Å². The molecule has 8 aromatic rings. The number of anilines is 4. The van der Waals surface area contributed by atoms with Gasteiger partial charge in [-0.15, -0.1) is 0 Å². The summed E-state index contributed by atoms with van der Waals surface area (Å²) < 4.78 is 0. The van der Waals surface area contributed by atoms with Gasteiger partial charge in [-0.1, -0.05) is 0 Å². The van der Waals surface area contributed by atoms with E-state index in [0.29, 0.717) is 11.3 Å². The summed E-state index contributed by atoms with van der Waals surface area (Å²) in [6.07, 6.45) is 20.5. The SMILES string of the molecule is CN1c2cc3ncccc3cc2P(C2CCCCC2)c2cc3cccnc3cc2N(C)c2cc3ncccc3cc2[PH](C)(C2CCCCC2)c2cc3cccnc3cc21. The first-order chi connectivity index (χ1) is 29.0. The van der Waals surface area contributed by atoms with E-state index in [2.05, 4.69) is 128 Å². The van der Waals surface area contributed by atoms with Crippen LogP contribution in [0.4, 0.5) is 22.7 Å². The van der Waals surface area contributed by atoms with Crippen LogP contribution in [0.15, 0.2) is 122 Å². The predicted molar refractivity (Wildman–Crippen MR) is 257 cm³/mol. The van der Waals surface area contributed by atoms with E-state index in [1.165, 1.54) is 130 Å². The van der Waals surface area contributed by atoms with Crippen LogP contribution in [0.2, 0.25) is 0 Å². The van der Waals surface area contributed by atoms with Crippen molar-refractivity contribution in [1.29, 1.82) is 0 Å². The van der Waals surface area contributed by atoms with Gasteiger partial charge in [0.15, 0.2) is 0 Å². The van der Waals surface area contributed by atoms with Gasteiger partial charge in [0.2, 0.25) is 0 Å². The molecule has 2 fully saturated rings. The zero-order valence-corrected chi connectivity index (χ0v) is 36.3. The van der Waals surface area contributed by atoms with Gasteiger partial charge in [-0.25, -0.2) is 0 Å². The van der Waals surface area contributed by atoms with Gasteiger partial charge in [-0.05, 0) is 0 Å². The van der Waals surface area contributed by atoms with Crippen molar-refractivity contribution in [2.24, 2.45) is 0 Å². The molecule has 0 amide bonds. The summed E-state index contributed by atoms with van der Waals surface area (Å²) in [6.45, 7) is 2.71. The van der Waals surface area contributed by atoms with Gasteiger partial charge in [-0.3, -0.25) is 0 Å². The Labute approximate surface area is 349 Å². The van der Waals surface area contributed by atoms with Gasteiger partial charge in [-0.2, -0.15) is 0 Å². The molecule has 0 N–H and O–H groups in total. The van der Waals surface area contributed by atoms with Gasteiger partial charge in [0.25, 0.3) is 0 Å². The van der Waals surface area contributed by atoms with Crippen molar-refractivity contribution in [2.45, 2.75) is 75.5 Å². The average Bonchev–Trinajstić information content (AvgIpc) is 3.30. The van der Waals surface area contributed by atoms with Crippen LogP contribution in [0, 0.1) is 0 Å². The number of nitrogens with zero attached hydrogens (tertiary/aromatic N) is 6. The molecule has 0 radical (unpaired) electrons. The number of hydrogen-bond acceptors (Lipinski definition) is 6. The molecule has 0 atom stereocenters. The van der Waals surface area contributed by atoms with E-state index in [-0.39, 0.29) is 0 Å². The summed E-state index contributed by atoms with van der Waals surface area (Å²) in [5, 5.41) is 10.7. The molecule has 296 valence electrons. The average molecular weight is 811 g/mol. The van der Waals surface area contributed by atoms with Crippen LogP contribution in [0.3, 0.4) is 0 Å².